The van der Waals surface area contributed by atoms with Crippen LogP contribution in [-0.4, -0.2) is 122 Å². The molecule has 2 unspecified atom stereocenters. The van der Waals surface area contributed by atoms with E-state index in [-0.39, 0.29) is 18.7 Å². The van der Waals surface area contributed by atoms with Crippen molar-refractivity contribution in [1.82, 2.24) is 14.5 Å². The SMILES string of the molecule is CCCCc1ccc(NC(=O)C2=CCN(C)[C@@H]([C@H](O[C@@H]3O[C@H](CN)[C@@H](O)[C@H]3O)C3O[C@@H](n4ccc(=O)[nH]c4=O)[C@H](O)[C@@H]3O)C(=O)C2C)cc1. The molecule has 16 nitrogen and oxygen atoms in total. The number of hydrogen-bond acceptors (Lipinski definition) is 13. The van der Waals surface area contributed by atoms with Gasteiger partial charge in [-0.1, -0.05) is 38.5 Å². The number of H-pyrrole nitrogens is 1. The number of aromatic nitrogens is 2. The molecule has 3 aliphatic heterocycles. The summed E-state index contributed by atoms with van der Waals surface area (Å²) >= 11 is 0. The van der Waals surface area contributed by atoms with Crippen molar-refractivity contribution in [3.8, 4) is 0 Å². The lowest BCUT2D eigenvalue weighted by atomic mass is 9.87. The van der Waals surface area contributed by atoms with Gasteiger partial charge in [-0.2, -0.15) is 0 Å². The number of carbonyl (C=O) groups excluding carboxylic acids is 2. The Labute approximate surface area is 282 Å². The number of aliphatic hydroxyl groups excluding tert-OH is 4. The van der Waals surface area contributed by atoms with Gasteiger partial charge in [-0.25, -0.2) is 4.79 Å². The van der Waals surface area contributed by atoms with Crippen LogP contribution in [0, 0.1) is 5.92 Å². The van der Waals surface area contributed by atoms with Gasteiger partial charge in [0.15, 0.2) is 18.3 Å². The molecule has 2 fully saturated rings. The number of aryl methyl sites for hydroxylation is 1. The number of rotatable bonds is 11. The molecule has 1 aromatic carbocycles. The predicted octanol–water partition coefficient (Wildman–Crippen LogP) is -1.63. The zero-order valence-electron chi connectivity index (χ0n) is 27.5. The Morgan fingerprint density at radius 3 is 2.41 bits per heavy atom. The van der Waals surface area contributed by atoms with Crippen LogP contribution in [-0.2, 0) is 30.2 Å². The van der Waals surface area contributed by atoms with Crippen molar-refractivity contribution >= 4 is 17.4 Å². The van der Waals surface area contributed by atoms with Crippen LogP contribution in [0.1, 0.15) is 38.5 Å². The van der Waals surface area contributed by atoms with Crippen molar-refractivity contribution in [2.75, 3.05) is 25.5 Å². The summed E-state index contributed by atoms with van der Waals surface area (Å²) in [6.07, 6.45) is -7.85. The van der Waals surface area contributed by atoms with Crippen LogP contribution in [0.15, 0.2) is 57.8 Å². The van der Waals surface area contributed by atoms with Crippen molar-refractivity contribution in [3.05, 3.63) is 74.6 Å². The van der Waals surface area contributed by atoms with Crippen LogP contribution >= 0.6 is 0 Å². The molecule has 16 heteroatoms. The number of aromatic amines is 1. The first-order valence-corrected chi connectivity index (χ1v) is 16.4. The van der Waals surface area contributed by atoms with Crippen molar-refractivity contribution in [1.29, 1.82) is 0 Å². The monoisotopic (exact) mass is 687 g/mol. The fraction of sp³-hybridized carbons (Fsp3) is 0.576. The molecule has 2 aromatic rings. The largest absolute Gasteiger partial charge is 0.387 e. The third-order valence-corrected chi connectivity index (χ3v) is 9.43. The molecular weight excluding hydrogens is 642 g/mol. The van der Waals surface area contributed by atoms with E-state index in [0.717, 1.165) is 41.7 Å². The minimum Gasteiger partial charge on any atom is -0.387 e. The minimum absolute atomic E-state index is 0.0651. The summed E-state index contributed by atoms with van der Waals surface area (Å²) < 4.78 is 18.7. The number of likely N-dealkylation sites (N-methyl/N-ethyl adjacent to an activating group) is 1. The second kappa shape index (κ2) is 15.5. The van der Waals surface area contributed by atoms with Gasteiger partial charge in [0.2, 0.25) is 0 Å². The second-order valence-electron chi connectivity index (χ2n) is 12.8. The highest BCUT2D eigenvalue weighted by Crippen LogP contribution is 2.37. The molecule has 1 amide bonds. The third-order valence-electron chi connectivity index (χ3n) is 9.43. The van der Waals surface area contributed by atoms with Crippen molar-refractivity contribution in [3.63, 3.8) is 0 Å². The van der Waals surface area contributed by atoms with Crippen molar-refractivity contribution in [2.24, 2.45) is 11.7 Å². The Balaban J connectivity index is 1.43. The fourth-order valence-corrected chi connectivity index (χ4v) is 6.52. The molecule has 5 rings (SSSR count). The maximum atomic E-state index is 14.3. The summed E-state index contributed by atoms with van der Waals surface area (Å²) in [4.78, 5) is 55.7. The number of nitrogens with zero attached hydrogens (tertiary/aromatic N) is 2. The van der Waals surface area contributed by atoms with Crippen LogP contribution in [0.2, 0.25) is 0 Å². The number of Topliss-reactive ketones (excluding diaryl/α,β-unsaturated/α-hetero) is 1. The average molecular weight is 688 g/mol. The number of nitrogens with one attached hydrogen (secondary N) is 2. The lowest BCUT2D eigenvalue weighted by molar-refractivity contribution is -0.232. The number of aliphatic hydroxyl groups is 4. The van der Waals surface area contributed by atoms with Gasteiger partial charge in [-0.15, -0.1) is 0 Å². The summed E-state index contributed by atoms with van der Waals surface area (Å²) in [6, 6.07) is 7.25. The van der Waals surface area contributed by atoms with Gasteiger partial charge in [0.05, 0.1) is 6.04 Å². The first-order chi connectivity index (χ1) is 23.4. The molecule has 49 heavy (non-hydrogen) atoms. The number of benzene rings is 1. The van der Waals surface area contributed by atoms with Gasteiger partial charge in [0, 0.05) is 42.5 Å². The fourth-order valence-electron chi connectivity index (χ4n) is 6.52. The number of hydrogen-bond donors (Lipinski definition) is 7. The molecule has 268 valence electrons. The molecule has 2 saturated heterocycles. The Morgan fingerprint density at radius 2 is 1.78 bits per heavy atom. The number of ketones is 1. The highest BCUT2D eigenvalue weighted by atomic mass is 16.7. The Hall–Kier alpha value is -3.58. The number of carbonyl (C=O) groups is 2. The Bertz CT molecular complexity index is 1630. The van der Waals surface area contributed by atoms with E-state index < -0.39 is 90.1 Å². The first-order valence-electron chi connectivity index (χ1n) is 16.4. The molecule has 0 spiro atoms. The number of anilines is 1. The smallest absolute Gasteiger partial charge is 0.330 e. The molecule has 1 aromatic heterocycles. The molecule has 4 heterocycles. The van der Waals surface area contributed by atoms with Crippen molar-refractivity contribution < 1.29 is 44.2 Å². The molecule has 8 N–H and O–H groups in total. The minimum atomic E-state index is -1.75. The summed E-state index contributed by atoms with van der Waals surface area (Å²) in [5.74, 6) is -2.00. The summed E-state index contributed by atoms with van der Waals surface area (Å²) in [5.41, 5.74) is 5.96. The van der Waals surface area contributed by atoms with Crippen molar-refractivity contribution in [2.45, 2.75) is 94.4 Å². The topological polar surface area (TPSA) is 239 Å². The Kier molecular flexibility index (Phi) is 11.6. The standard InChI is InChI=1S/C33H45N5O11/c1-4-5-6-17-7-9-18(10-8-17)35-30(45)19-11-13-37(3)22(23(40)16(19)2)28(49-32-27(44)24(41)20(15-34)47-32)29-25(42)26(43)31(48-29)38-14-12-21(39)36-33(38)46/h7-12,14,16,20,22,24-29,31-32,41-44H,4-6,13,15,34H2,1-3H3,(H,35,45)(H,36,39,46)/t16?,20-,22-,24-,25+,26-,27-,28+,29?,31-,32+/m1/s1. The van der Waals surface area contributed by atoms with E-state index in [9.17, 15) is 39.6 Å². The summed E-state index contributed by atoms with van der Waals surface area (Å²) in [7, 11) is 1.59. The average Bonchev–Trinajstić information content (AvgIpc) is 3.48. The maximum absolute atomic E-state index is 14.3. The van der Waals surface area contributed by atoms with E-state index >= 15 is 0 Å². The predicted molar refractivity (Wildman–Crippen MR) is 174 cm³/mol. The van der Waals surface area contributed by atoms with Gasteiger partial charge >= 0.3 is 5.69 Å². The zero-order valence-corrected chi connectivity index (χ0v) is 27.5. The summed E-state index contributed by atoms with van der Waals surface area (Å²) in [5, 5.41) is 46.4. The molecule has 3 aliphatic rings. The number of amides is 1. The van der Waals surface area contributed by atoms with Gasteiger partial charge in [-0.3, -0.25) is 28.8 Å². The van der Waals surface area contributed by atoms with E-state index in [4.69, 9.17) is 19.9 Å². The van der Waals surface area contributed by atoms with E-state index in [1.54, 1.807) is 37.1 Å². The quantitative estimate of drug-likeness (QED) is 0.141. The van der Waals surface area contributed by atoms with E-state index in [2.05, 4.69) is 17.2 Å². The van der Waals surface area contributed by atoms with E-state index in [1.165, 1.54) is 0 Å². The molecule has 0 radical (unpaired) electrons. The molecule has 0 aliphatic carbocycles. The zero-order chi connectivity index (χ0) is 35.6. The second-order valence-corrected chi connectivity index (χ2v) is 12.8. The Morgan fingerprint density at radius 1 is 1.06 bits per heavy atom. The number of unbranched alkanes of at least 4 members (excludes halogenated alkanes) is 1. The molecule has 11 atom stereocenters. The maximum Gasteiger partial charge on any atom is 0.330 e. The van der Waals surface area contributed by atoms with Gasteiger partial charge < -0.3 is 45.7 Å². The molecule has 0 bridgehead atoms. The highest BCUT2D eigenvalue weighted by molar-refractivity contribution is 6.08. The van der Waals surface area contributed by atoms with Crippen LogP contribution in [0.3, 0.4) is 0 Å². The van der Waals surface area contributed by atoms with Gasteiger partial charge in [-0.05, 0) is 37.6 Å². The van der Waals surface area contributed by atoms with Gasteiger partial charge in [0.1, 0.15) is 42.7 Å². The van der Waals surface area contributed by atoms with Crippen LogP contribution in [0.4, 0.5) is 5.69 Å². The highest BCUT2D eigenvalue weighted by Gasteiger charge is 2.55. The third kappa shape index (κ3) is 7.62. The van der Waals surface area contributed by atoms with Crippen LogP contribution < -0.4 is 22.3 Å². The molecular formula is C33H45N5O11. The normalized spacial score (nSPS) is 32.9. The number of ether oxygens (including phenoxy) is 3. The van der Waals surface area contributed by atoms with Crippen LogP contribution in [0.5, 0.6) is 0 Å². The molecule has 0 saturated carbocycles. The van der Waals surface area contributed by atoms with Crippen LogP contribution in [0.25, 0.3) is 0 Å². The summed E-state index contributed by atoms with van der Waals surface area (Å²) in [6.45, 7) is 3.57. The first kappa shape index (κ1) is 36.7. The van der Waals surface area contributed by atoms with E-state index in [0.29, 0.717) is 5.69 Å². The van der Waals surface area contributed by atoms with E-state index in [1.807, 2.05) is 12.1 Å². The number of nitrogens with two attached hydrogens (primary N) is 1. The lowest BCUT2D eigenvalue weighted by Gasteiger charge is -2.38. The van der Waals surface area contributed by atoms with Gasteiger partial charge in [0.25, 0.3) is 11.5 Å². The lowest BCUT2D eigenvalue weighted by Crippen LogP contribution is -2.58.